The van der Waals surface area contributed by atoms with Crippen LogP contribution in [-0.4, -0.2) is 31.2 Å². The van der Waals surface area contributed by atoms with Crippen molar-refractivity contribution in [3.8, 4) is 11.5 Å². The van der Waals surface area contributed by atoms with Crippen LogP contribution in [0, 0.1) is 0 Å². The normalized spacial score (nSPS) is 10.7. The van der Waals surface area contributed by atoms with Gasteiger partial charge >= 0.3 is 5.97 Å². The largest absolute Gasteiger partial charge is 0.478 e. The number of imidazole rings is 1. The van der Waals surface area contributed by atoms with Crippen molar-refractivity contribution in [2.24, 2.45) is 5.73 Å². The molecule has 7 heteroatoms. The number of carboxylic acids is 1. The van der Waals surface area contributed by atoms with Crippen LogP contribution in [0.3, 0.4) is 0 Å². The van der Waals surface area contributed by atoms with E-state index in [1.807, 2.05) is 54.6 Å². The molecule has 144 valence electrons. The SMILES string of the molecule is NCc1ccccc1.O=C(O)c1ccc2nc(-c3n[nH]c4ccccc34)[nH]c2c1. The summed E-state index contributed by atoms with van der Waals surface area (Å²) in [6.45, 7) is 0.640. The van der Waals surface area contributed by atoms with Gasteiger partial charge in [0.05, 0.1) is 22.1 Å². The smallest absolute Gasteiger partial charge is 0.335 e. The lowest BCUT2D eigenvalue weighted by Crippen LogP contribution is -1.94. The molecule has 0 aliphatic rings. The van der Waals surface area contributed by atoms with Gasteiger partial charge in [-0.25, -0.2) is 9.78 Å². The van der Waals surface area contributed by atoms with E-state index in [0.29, 0.717) is 23.4 Å². The molecule has 0 saturated heterocycles. The maximum atomic E-state index is 11.0. The Hall–Kier alpha value is -3.97. The third-order valence-corrected chi connectivity index (χ3v) is 4.50. The van der Waals surface area contributed by atoms with Gasteiger partial charge in [0.1, 0.15) is 5.69 Å². The quantitative estimate of drug-likeness (QED) is 0.375. The summed E-state index contributed by atoms with van der Waals surface area (Å²) < 4.78 is 0. The van der Waals surface area contributed by atoms with Gasteiger partial charge in [-0.1, -0.05) is 48.5 Å². The van der Waals surface area contributed by atoms with Crippen LogP contribution in [0.1, 0.15) is 15.9 Å². The van der Waals surface area contributed by atoms with Crippen molar-refractivity contribution < 1.29 is 9.90 Å². The van der Waals surface area contributed by atoms with Crippen LogP contribution >= 0.6 is 0 Å². The number of rotatable bonds is 3. The molecule has 3 aromatic carbocycles. The fourth-order valence-corrected chi connectivity index (χ4v) is 3.01. The van der Waals surface area contributed by atoms with Gasteiger partial charge in [0.15, 0.2) is 5.82 Å². The molecule has 0 bridgehead atoms. The van der Waals surface area contributed by atoms with Crippen LogP contribution in [0.25, 0.3) is 33.5 Å². The molecule has 5 N–H and O–H groups in total. The summed E-state index contributed by atoms with van der Waals surface area (Å²) in [5.74, 6) is -0.344. The number of aromatic nitrogens is 4. The first-order valence-electron chi connectivity index (χ1n) is 9.06. The molecule has 2 aromatic heterocycles. The number of carbonyl (C=O) groups is 1. The lowest BCUT2D eigenvalue weighted by Gasteiger charge is -1.92. The van der Waals surface area contributed by atoms with Gasteiger partial charge < -0.3 is 15.8 Å². The zero-order valence-electron chi connectivity index (χ0n) is 15.5. The van der Waals surface area contributed by atoms with Crippen LogP contribution in [0.4, 0.5) is 0 Å². The number of aromatic carboxylic acids is 1. The molecule has 0 aliphatic carbocycles. The first kappa shape index (κ1) is 18.4. The van der Waals surface area contributed by atoms with E-state index in [0.717, 1.165) is 16.6 Å². The predicted molar refractivity (Wildman–Crippen MR) is 112 cm³/mol. The van der Waals surface area contributed by atoms with Crippen molar-refractivity contribution >= 4 is 27.9 Å². The minimum atomic E-state index is -0.960. The van der Waals surface area contributed by atoms with E-state index in [1.165, 1.54) is 11.6 Å². The monoisotopic (exact) mass is 385 g/mol. The summed E-state index contributed by atoms with van der Waals surface area (Å²) in [5, 5.41) is 17.2. The first-order chi connectivity index (χ1) is 14.2. The average molecular weight is 385 g/mol. The van der Waals surface area contributed by atoms with Crippen molar-refractivity contribution in [2.75, 3.05) is 0 Å². The molecular formula is C22H19N5O2. The molecule has 2 heterocycles. The van der Waals surface area contributed by atoms with Crippen LogP contribution in [0.2, 0.25) is 0 Å². The fraction of sp³-hybridized carbons (Fsp3) is 0.0455. The van der Waals surface area contributed by atoms with Gasteiger partial charge in [0.25, 0.3) is 0 Å². The number of hydrogen-bond donors (Lipinski definition) is 4. The summed E-state index contributed by atoms with van der Waals surface area (Å²) in [6, 6.07) is 22.6. The molecule has 0 fully saturated rings. The van der Waals surface area contributed by atoms with Crippen LogP contribution in [0.15, 0.2) is 72.8 Å². The Balaban J connectivity index is 0.000000216. The zero-order chi connectivity index (χ0) is 20.2. The summed E-state index contributed by atoms with van der Waals surface area (Å²) in [6.07, 6.45) is 0. The molecule has 5 aromatic rings. The van der Waals surface area contributed by atoms with Crippen LogP contribution < -0.4 is 5.73 Å². The molecule has 5 rings (SSSR count). The third-order valence-electron chi connectivity index (χ3n) is 4.50. The number of benzene rings is 3. The number of fused-ring (bicyclic) bond motifs is 2. The fourth-order valence-electron chi connectivity index (χ4n) is 3.01. The minimum absolute atomic E-state index is 0.226. The number of aromatic amines is 2. The summed E-state index contributed by atoms with van der Waals surface area (Å²) >= 11 is 0. The molecule has 0 radical (unpaired) electrons. The average Bonchev–Trinajstić information content (AvgIpc) is 3.38. The van der Waals surface area contributed by atoms with E-state index in [9.17, 15) is 4.79 Å². The molecule has 29 heavy (non-hydrogen) atoms. The van der Waals surface area contributed by atoms with Gasteiger partial charge in [-0.3, -0.25) is 5.10 Å². The van der Waals surface area contributed by atoms with E-state index >= 15 is 0 Å². The number of nitrogens with one attached hydrogen (secondary N) is 2. The number of para-hydroxylation sites is 1. The maximum absolute atomic E-state index is 11.0. The van der Waals surface area contributed by atoms with E-state index in [1.54, 1.807) is 12.1 Å². The summed E-state index contributed by atoms with van der Waals surface area (Å²) in [5.41, 5.74) is 9.80. The number of nitrogens with two attached hydrogens (primary N) is 1. The second kappa shape index (κ2) is 7.95. The molecule has 0 atom stereocenters. The Labute approximate surface area is 166 Å². The molecular weight excluding hydrogens is 366 g/mol. The van der Waals surface area contributed by atoms with Crippen molar-refractivity contribution in [1.82, 2.24) is 20.2 Å². The van der Waals surface area contributed by atoms with Gasteiger partial charge in [-0.2, -0.15) is 5.10 Å². The highest BCUT2D eigenvalue weighted by Crippen LogP contribution is 2.26. The molecule has 0 unspecified atom stereocenters. The van der Waals surface area contributed by atoms with Gasteiger partial charge in [-0.15, -0.1) is 0 Å². The van der Waals surface area contributed by atoms with Crippen LogP contribution in [0.5, 0.6) is 0 Å². The van der Waals surface area contributed by atoms with Gasteiger partial charge in [-0.05, 0) is 29.8 Å². The number of carboxylic acid groups (broad SMARTS) is 1. The molecule has 0 aliphatic heterocycles. The van der Waals surface area contributed by atoms with E-state index < -0.39 is 5.97 Å². The first-order valence-corrected chi connectivity index (χ1v) is 9.06. The third kappa shape index (κ3) is 3.85. The van der Waals surface area contributed by atoms with Crippen molar-refractivity contribution in [3.63, 3.8) is 0 Å². The van der Waals surface area contributed by atoms with Crippen molar-refractivity contribution in [1.29, 1.82) is 0 Å². The Morgan fingerprint density at radius 3 is 2.45 bits per heavy atom. The topological polar surface area (TPSA) is 121 Å². The van der Waals surface area contributed by atoms with Gasteiger partial charge in [0, 0.05) is 11.9 Å². The molecule has 0 spiro atoms. The van der Waals surface area contributed by atoms with E-state index in [2.05, 4.69) is 20.2 Å². The van der Waals surface area contributed by atoms with Gasteiger partial charge in [0.2, 0.25) is 0 Å². The minimum Gasteiger partial charge on any atom is -0.478 e. The Bertz CT molecular complexity index is 1270. The highest BCUT2D eigenvalue weighted by Gasteiger charge is 2.13. The van der Waals surface area contributed by atoms with Crippen molar-refractivity contribution in [2.45, 2.75) is 6.54 Å². The highest BCUT2D eigenvalue weighted by atomic mass is 16.4. The number of hydrogen-bond acceptors (Lipinski definition) is 4. The summed E-state index contributed by atoms with van der Waals surface area (Å²) in [7, 11) is 0. The molecule has 7 nitrogen and oxygen atoms in total. The number of H-pyrrole nitrogens is 2. The highest BCUT2D eigenvalue weighted by molar-refractivity contribution is 5.95. The molecule has 0 amide bonds. The second-order valence-corrected chi connectivity index (χ2v) is 6.43. The predicted octanol–water partition coefficient (Wildman–Crippen LogP) is 3.95. The lowest BCUT2D eigenvalue weighted by molar-refractivity contribution is 0.0697. The van der Waals surface area contributed by atoms with Crippen LogP contribution in [-0.2, 0) is 6.54 Å². The van der Waals surface area contributed by atoms with E-state index in [4.69, 9.17) is 10.8 Å². The van der Waals surface area contributed by atoms with Crippen molar-refractivity contribution in [3.05, 3.63) is 83.9 Å². The standard InChI is InChI=1S/C15H10N4O2.C7H9N/c20-15(21)8-5-6-11-12(7-8)17-14(16-11)13-9-3-1-2-4-10(9)18-19-13;8-6-7-4-2-1-3-5-7/h1-7H,(H,16,17)(H,18,19)(H,20,21);1-5H,6,8H2. The lowest BCUT2D eigenvalue weighted by atomic mass is 10.2. The van der Waals surface area contributed by atoms with E-state index in [-0.39, 0.29) is 5.56 Å². The number of nitrogens with zero attached hydrogens (tertiary/aromatic N) is 2. The maximum Gasteiger partial charge on any atom is 0.335 e. The Morgan fingerprint density at radius 1 is 0.966 bits per heavy atom. The Kier molecular flexibility index (Phi) is 5.05. The Morgan fingerprint density at radius 2 is 1.72 bits per heavy atom. The molecule has 0 saturated carbocycles. The summed E-state index contributed by atoms with van der Waals surface area (Å²) in [4.78, 5) is 18.6. The zero-order valence-corrected chi connectivity index (χ0v) is 15.5. The second-order valence-electron chi connectivity index (χ2n) is 6.43.